The zero-order chi connectivity index (χ0) is 43.7. The summed E-state index contributed by atoms with van der Waals surface area (Å²) in [4.78, 5) is 75.0. The summed E-state index contributed by atoms with van der Waals surface area (Å²) in [5.41, 5.74) is 0.886. The SMILES string of the molecule is CC(C)C1=C2[C@H]3CC[C@@H]4[C@@]5(C)CC[C@H](OC(=O)[C@H]6C[C@@H](C(=O)O)C6(C)C)C(C)(C)[C@@H]5CC[C@@]4(C)[C@]3(C)CC[C@@]2(NC(=O)C(C)(C)NC(=O)c2ccc3nc[nH]c3c2)CC1=O. The Labute approximate surface area is 355 Å². The molecule has 10 atom stereocenters. The number of benzene rings is 1. The number of H-pyrrole nitrogens is 1. The quantitative estimate of drug-likeness (QED) is 0.192. The molecule has 0 spiro atoms. The Morgan fingerprint density at radius 2 is 1.60 bits per heavy atom. The van der Waals surface area contributed by atoms with Crippen LogP contribution in [0.3, 0.4) is 0 Å². The molecule has 1 heterocycles. The smallest absolute Gasteiger partial charge is 0.309 e. The second-order valence-electron chi connectivity index (χ2n) is 22.7. The molecule has 1 aromatic heterocycles. The van der Waals surface area contributed by atoms with Gasteiger partial charge in [-0.15, -0.1) is 0 Å². The van der Waals surface area contributed by atoms with E-state index >= 15 is 0 Å². The van der Waals surface area contributed by atoms with E-state index in [0.29, 0.717) is 30.2 Å². The Balaban J connectivity index is 1.03. The maximum absolute atomic E-state index is 14.5. The normalized spacial score (nSPS) is 37.9. The molecule has 0 saturated heterocycles. The number of rotatable bonds is 8. The van der Waals surface area contributed by atoms with E-state index in [4.69, 9.17) is 4.74 Å². The van der Waals surface area contributed by atoms with E-state index in [0.717, 1.165) is 67.1 Å². The van der Waals surface area contributed by atoms with Crippen molar-refractivity contribution >= 4 is 40.6 Å². The number of carbonyl (C=O) groups is 5. The zero-order valence-electron chi connectivity index (χ0n) is 37.8. The number of allylic oxidation sites excluding steroid dienone is 1. The second kappa shape index (κ2) is 13.7. The van der Waals surface area contributed by atoms with E-state index in [9.17, 15) is 29.1 Å². The summed E-state index contributed by atoms with van der Waals surface area (Å²) >= 11 is 0. The van der Waals surface area contributed by atoms with Gasteiger partial charge in [-0.25, -0.2) is 4.98 Å². The summed E-state index contributed by atoms with van der Waals surface area (Å²) in [5.74, 6) is -1.65. The van der Waals surface area contributed by atoms with Gasteiger partial charge in [-0.05, 0) is 146 Å². The minimum absolute atomic E-state index is 0.0110. The number of carbonyl (C=O) groups excluding carboxylic acids is 4. The number of Topliss-reactive ketones (excluding diaryl/α,β-unsaturated/α-hetero) is 1. The van der Waals surface area contributed by atoms with E-state index in [1.165, 1.54) is 0 Å². The van der Waals surface area contributed by atoms with Crippen LogP contribution in [0.15, 0.2) is 35.7 Å². The fourth-order valence-electron chi connectivity index (χ4n) is 14.8. The highest BCUT2D eigenvalue weighted by Crippen LogP contribution is 2.76. The molecule has 0 radical (unpaired) electrons. The molecular formula is C49H68N4O7. The maximum atomic E-state index is 14.5. The first kappa shape index (κ1) is 42.7. The van der Waals surface area contributed by atoms with Crippen LogP contribution in [0, 0.1) is 62.6 Å². The Morgan fingerprint density at radius 1 is 0.883 bits per heavy atom. The number of ketones is 1. The molecule has 0 unspecified atom stereocenters. The van der Waals surface area contributed by atoms with Crippen molar-refractivity contribution < 1.29 is 33.8 Å². The predicted molar refractivity (Wildman–Crippen MR) is 228 cm³/mol. The van der Waals surface area contributed by atoms with Gasteiger partial charge in [0.1, 0.15) is 11.6 Å². The fraction of sp³-hybridized carbons (Fsp3) is 0.714. The third kappa shape index (κ3) is 5.99. The molecular weight excluding hydrogens is 757 g/mol. The number of imidazole rings is 1. The van der Waals surface area contributed by atoms with Crippen LogP contribution in [-0.2, 0) is 23.9 Å². The van der Waals surface area contributed by atoms with Crippen LogP contribution in [-0.4, -0.2) is 61.8 Å². The van der Waals surface area contributed by atoms with Gasteiger partial charge < -0.3 is 25.5 Å². The minimum atomic E-state index is -1.25. The highest BCUT2D eigenvalue weighted by atomic mass is 16.5. The highest BCUT2D eigenvalue weighted by Gasteiger charge is 2.71. The van der Waals surface area contributed by atoms with Crippen molar-refractivity contribution in [1.29, 1.82) is 0 Å². The molecule has 5 fully saturated rings. The number of carboxylic acids is 1. The van der Waals surface area contributed by atoms with Gasteiger partial charge in [-0.3, -0.25) is 24.0 Å². The molecule has 1 aromatic carbocycles. The van der Waals surface area contributed by atoms with Crippen molar-refractivity contribution in [3.05, 3.63) is 41.2 Å². The Hall–Kier alpha value is -4.02. The highest BCUT2D eigenvalue weighted by molar-refractivity contribution is 6.04. The van der Waals surface area contributed by atoms with Gasteiger partial charge in [0.2, 0.25) is 5.91 Å². The van der Waals surface area contributed by atoms with Gasteiger partial charge >= 0.3 is 11.9 Å². The van der Waals surface area contributed by atoms with Gasteiger partial charge in [0.05, 0.1) is 34.7 Å². The minimum Gasteiger partial charge on any atom is -0.481 e. The van der Waals surface area contributed by atoms with E-state index < -0.39 is 34.3 Å². The molecule has 5 saturated carbocycles. The molecule has 6 aliphatic rings. The molecule has 2 aromatic rings. The molecule has 60 heavy (non-hydrogen) atoms. The Kier molecular flexibility index (Phi) is 9.77. The van der Waals surface area contributed by atoms with Crippen LogP contribution >= 0.6 is 0 Å². The van der Waals surface area contributed by atoms with Crippen LogP contribution in [0.2, 0.25) is 0 Å². The van der Waals surface area contributed by atoms with Crippen LogP contribution in [0.5, 0.6) is 0 Å². The lowest BCUT2D eigenvalue weighted by molar-refractivity contribution is -0.235. The number of nitrogens with one attached hydrogen (secondary N) is 3. The number of aromatic nitrogens is 2. The van der Waals surface area contributed by atoms with Crippen molar-refractivity contribution in [2.75, 3.05) is 0 Å². The van der Waals surface area contributed by atoms with Crippen molar-refractivity contribution in [2.45, 2.75) is 158 Å². The number of nitrogens with zero attached hydrogens (tertiary/aromatic N) is 1. The topological polar surface area (TPSA) is 168 Å². The van der Waals surface area contributed by atoms with E-state index in [1.807, 2.05) is 13.8 Å². The number of carboxylic acid groups (broad SMARTS) is 1. The summed E-state index contributed by atoms with van der Waals surface area (Å²) in [5, 5.41) is 16.1. The number of esters is 1. The fourth-order valence-corrected chi connectivity index (χ4v) is 14.8. The van der Waals surface area contributed by atoms with E-state index in [2.05, 4.69) is 69.1 Å². The van der Waals surface area contributed by atoms with Gasteiger partial charge in [0.15, 0.2) is 5.78 Å². The molecule has 8 rings (SSSR count). The van der Waals surface area contributed by atoms with Crippen molar-refractivity contribution in [2.24, 2.45) is 62.6 Å². The average Bonchev–Trinajstić information content (AvgIpc) is 3.73. The number of amides is 2. The maximum Gasteiger partial charge on any atom is 0.309 e. The zero-order valence-corrected chi connectivity index (χ0v) is 37.8. The van der Waals surface area contributed by atoms with E-state index in [-0.39, 0.29) is 69.6 Å². The summed E-state index contributed by atoms with van der Waals surface area (Å²) in [7, 11) is 0. The van der Waals surface area contributed by atoms with Crippen molar-refractivity contribution in [3.8, 4) is 0 Å². The molecule has 6 aliphatic carbocycles. The third-order valence-corrected chi connectivity index (χ3v) is 18.5. The number of fused-ring (bicyclic) bond motifs is 8. The number of hydrogen-bond acceptors (Lipinski definition) is 7. The lowest BCUT2D eigenvalue weighted by Crippen LogP contribution is -2.68. The molecule has 326 valence electrons. The first-order valence-electron chi connectivity index (χ1n) is 22.6. The summed E-state index contributed by atoms with van der Waals surface area (Å²) in [6, 6.07) is 5.23. The molecule has 4 N–H and O–H groups in total. The number of aromatic amines is 1. The monoisotopic (exact) mass is 825 g/mol. The number of aliphatic carboxylic acids is 1. The molecule has 11 nitrogen and oxygen atoms in total. The van der Waals surface area contributed by atoms with Crippen molar-refractivity contribution in [3.63, 3.8) is 0 Å². The molecule has 0 bridgehead atoms. The van der Waals surface area contributed by atoms with E-state index in [1.54, 1.807) is 38.4 Å². The van der Waals surface area contributed by atoms with Gasteiger partial charge in [-0.1, -0.05) is 62.3 Å². The lowest BCUT2D eigenvalue weighted by atomic mass is 9.33. The van der Waals surface area contributed by atoms with Crippen LogP contribution < -0.4 is 10.6 Å². The van der Waals surface area contributed by atoms with Crippen molar-refractivity contribution in [1.82, 2.24) is 20.6 Å². The lowest BCUT2D eigenvalue weighted by Gasteiger charge is -2.72. The van der Waals surface area contributed by atoms with Crippen LogP contribution in [0.4, 0.5) is 0 Å². The summed E-state index contributed by atoms with van der Waals surface area (Å²) in [6.07, 6.45) is 9.23. The molecule has 0 aliphatic heterocycles. The second-order valence-corrected chi connectivity index (χ2v) is 22.7. The number of ether oxygens (including phenoxy) is 1. The predicted octanol–water partition coefficient (Wildman–Crippen LogP) is 8.58. The van der Waals surface area contributed by atoms with Gasteiger partial charge in [0, 0.05) is 17.4 Å². The van der Waals surface area contributed by atoms with Crippen LogP contribution in [0.25, 0.3) is 11.0 Å². The summed E-state index contributed by atoms with van der Waals surface area (Å²) in [6.45, 7) is 23.5. The van der Waals surface area contributed by atoms with Crippen LogP contribution in [0.1, 0.15) is 151 Å². The average molecular weight is 825 g/mol. The third-order valence-electron chi connectivity index (χ3n) is 18.5. The van der Waals surface area contributed by atoms with Gasteiger partial charge in [0.25, 0.3) is 5.91 Å². The van der Waals surface area contributed by atoms with Gasteiger partial charge in [-0.2, -0.15) is 0 Å². The largest absolute Gasteiger partial charge is 0.481 e. The Bertz CT molecular complexity index is 2200. The Morgan fingerprint density at radius 3 is 2.27 bits per heavy atom. The first-order valence-corrected chi connectivity index (χ1v) is 22.6. The molecule has 11 heteroatoms. The standard InChI is InChI=1S/C49H68N4O7/c1-26(2)37-33(54)24-49(53-42(59)45(7,8)52-39(55)27-12-14-31-32(22-27)51-25-50-31)21-20-47(10)28(38(37)49)13-15-35-46(9)18-17-36(44(5,6)34(46)16-19-48(35,47)11)60-41(58)30-23-29(40(56)57)43(30,3)4/h12,14,22,25-26,28-30,34-36H,13,15-21,23-24H2,1-11H3,(H,50,51)(H,52,55)(H,53,59)(H,56,57)/t28-,29+,30-,34+,35-,36+,46+,47-,48-,49-/m1/s1. The first-order chi connectivity index (χ1) is 27.8. The molecule has 2 amide bonds. The summed E-state index contributed by atoms with van der Waals surface area (Å²) < 4.78 is 6.42. The number of hydrogen-bond donors (Lipinski definition) is 4.